The standard InChI is InChI=1S/C40H36N4O.Pd/c1-8-33-27(5)25(3)21-26(4)39(33)40-28(6)42-44(29(40)7)30-12-11-13-31(22-30)45-32-16-17-35-34-14-9-10-15-36(34)43(37(35)23-32)38-20-24(2)18-19-41-38;/h9-21H,8H2,1-7H3;/q-2;+2. The van der Waals surface area contributed by atoms with E-state index in [0.717, 1.165) is 56.7 Å². The van der Waals surface area contributed by atoms with Crippen LogP contribution in [0.2, 0.25) is 0 Å². The van der Waals surface area contributed by atoms with Crippen LogP contribution >= 0.6 is 0 Å². The molecule has 0 spiro atoms. The van der Waals surface area contributed by atoms with Crippen molar-refractivity contribution in [3.8, 4) is 34.1 Å². The first-order valence-corrected chi connectivity index (χ1v) is 15.5. The number of aromatic nitrogens is 4. The number of rotatable bonds is 6. The molecule has 0 unspecified atom stereocenters. The first-order chi connectivity index (χ1) is 21.7. The minimum Gasteiger partial charge on any atom is -0.509 e. The van der Waals surface area contributed by atoms with Gasteiger partial charge in [0, 0.05) is 34.5 Å². The SMILES string of the molecule is CCc1c(C)c(C)cc(C)c1-c1c(C)nn(-c2[c-]c(Oc3[c-]c4c(cc3)c3ccccc3n4-c3cc(C)ccn3)ccc2)c1C.[Pd+2]. The molecule has 0 atom stereocenters. The predicted octanol–water partition coefficient (Wildman–Crippen LogP) is 9.83. The quantitative estimate of drug-likeness (QED) is 0.129. The normalized spacial score (nSPS) is 11.3. The Balaban J connectivity index is 0.00000372. The molecule has 0 aliphatic carbocycles. The molecule has 0 saturated carbocycles. The number of aryl methyl sites for hydroxylation is 4. The van der Waals surface area contributed by atoms with Crippen molar-refractivity contribution in [2.45, 2.75) is 54.9 Å². The van der Waals surface area contributed by atoms with Crippen LogP contribution in [-0.2, 0) is 26.8 Å². The summed E-state index contributed by atoms with van der Waals surface area (Å²) in [6.45, 7) is 15.2. The minimum atomic E-state index is 0. The molecule has 7 aromatic rings. The molecule has 5 nitrogen and oxygen atoms in total. The van der Waals surface area contributed by atoms with Crippen LogP contribution < -0.4 is 4.74 Å². The van der Waals surface area contributed by atoms with Gasteiger partial charge < -0.3 is 9.30 Å². The first kappa shape index (κ1) is 31.5. The van der Waals surface area contributed by atoms with E-state index in [9.17, 15) is 0 Å². The second-order valence-corrected chi connectivity index (χ2v) is 11.9. The minimum absolute atomic E-state index is 0. The molecular weight excluding hydrogens is 659 g/mol. The Bertz CT molecular complexity index is 2260. The number of hydrogen-bond donors (Lipinski definition) is 0. The molecule has 3 aromatic heterocycles. The monoisotopic (exact) mass is 694 g/mol. The van der Waals surface area contributed by atoms with E-state index < -0.39 is 0 Å². The van der Waals surface area contributed by atoms with E-state index in [1.807, 2.05) is 41.2 Å². The van der Waals surface area contributed by atoms with Gasteiger partial charge in [0.05, 0.1) is 5.69 Å². The summed E-state index contributed by atoms with van der Waals surface area (Å²) >= 11 is 0. The van der Waals surface area contributed by atoms with E-state index >= 15 is 0 Å². The molecule has 0 N–H and O–H groups in total. The summed E-state index contributed by atoms with van der Waals surface area (Å²) < 4.78 is 10.6. The van der Waals surface area contributed by atoms with E-state index in [4.69, 9.17) is 14.8 Å². The van der Waals surface area contributed by atoms with Crippen molar-refractivity contribution in [2.24, 2.45) is 0 Å². The Morgan fingerprint density at radius 2 is 1.54 bits per heavy atom. The predicted molar refractivity (Wildman–Crippen MR) is 183 cm³/mol. The fourth-order valence-electron chi connectivity index (χ4n) is 6.75. The third-order valence-corrected chi connectivity index (χ3v) is 8.96. The molecule has 232 valence electrons. The van der Waals surface area contributed by atoms with Gasteiger partial charge in [0.1, 0.15) is 5.82 Å². The number of hydrogen-bond acceptors (Lipinski definition) is 3. The van der Waals surface area contributed by atoms with Gasteiger partial charge in [-0.2, -0.15) is 17.2 Å². The third-order valence-electron chi connectivity index (χ3n) is 8.96. The van der Waals surface area contributed by atoms with Crippen molar-refractivity contribution in [1.29, 1.82) is 0 Å². The molecule has 6 heteroatoms. The molecule has 0 bridgehead atoms. The molecule has 0 aliphatic rings. The Hall–Kier alpha value is -4.50. The van der Waals surface area contributed by atoms with Gasteiger partial charge in [0.25, 0.3) is 0 Å². The summed E-state index contributed by atoms with van der Waals surface area (Å²) in [6.07, 6.45) is 2.82. The van der Waals surface area contributed by atoms with E-state index in [-0.39, 0.29) is 20.4 Å². The van der Waals surface area contributed by atoms with Crippen LogP contribution in [-0.4, -0.2) is 19.3 Å². The Morgan fingerprint density at radius 1 is 0.761 bits per heavy atom. The maximum absolute atomic E-state index is 6.42. The van der Waals surface area contributed by atoms with E-state index in [0.29, 0.717) is 11.5 Å². The zero-order valence-electron chi connectivity index (χ0n) is 27.2. The van der Waals surface area contributed by atoms with Crippen molar-refractivity contribution < 1.29 is 25.2 Å². The smallest absolute Gasteiger partial charge is 0.509 e. The summed E-state index contributed by atoms with van der Waals surface area (Å²) in [5, 5.41) is 7.25. The van der Waals surface area contributed by atoms with Crippen LogP contribution in [0, 0.1) is 53.7 Å². The summed E-state index contributed by atoms with van der Waals surface area (Å²) in [7, 11) is 0. The van der Waals surface area contributed by atoms with Crippen LogP contribution in [0.25, 0.3) is 44.4 Å². The number of fused-ring (bicyclic) bond motifs is 3. The largest absolute Gasteiger partial charge is 2.00 e. The van der Waals surface area contributed by atoms with Crippen LogP contribution in [0.3, 0.4) is 0 Å². The second kappa shape index (κ2) is 12.4. The van der Waals surface area contributed by atoms with Crippen molar-refractivity contribution in [3.63, 3.8) is 0 Å². The summed E-state index contributed by atoms with van der Waals surface area (Å²) in [6, 6.07) is 31.8. The fraction of sp³-hybridized carbons (Fsp3) is 0.200. The third kappa shape index (κ3) is 5.26. The average molecular weight is 695 g/mol. The van der Waals surface area contributed by atoms with Gasteiger partial charge in [0.2, 0.25) is 0 Å². The zero-order valence-corrected chi connectivity index (χ0v) is 28.8. The zero-order chi connectivity index (χ0) is 31.4. The van der Waals surface area contributed by atoms with Crippen LogP contribution in [0.15, 0.2) is 79.0 Å². The molecule has 0 aliphatic heterocycles. The Morgan fingerprint density at radius 3 is 2.33 bits per heavy atom. The summed E-state index contributed by atoms with van der Waals surface area (Å²) in [5.74, 6) is 2.07. The molecule has 46 heavy (non-hydrogen) atoms. The topological polar surface area (TPSA) is 44.9 Å². The number of para-hydroxylation sites is 1. The molecule has 0 radical (unpaired) electrons. The van der Waals surface area contributed by atoms with Crippen molar-refractivity contribution in [2.75, 3.05) is 0 Å². The summed E-state index contributed by atoms with van der Waals surface area (Å²) in [5.41, 5.74) is 13.9. The molecule has 0 fully saturated rings. The second-order valence-electron chi connectivity index (χ2n) is 11.9. The first-order valence-electron chi connectivity index (χ1n) is 15.5. The average Bonchev–Trinajstić information content (AvgIpc) is 3.51. The number of ether oxygens (including phenoxy) is 1. The van der Waals surface area contributed by atoms with Crippen LogP contribution in [0.5, 0.6) is 11.5 Å². The van der Waals surface area contributed by atoms with Gasteiger partial charge in [0.15, 0.2) is 0 Å². The molecule has 3 heterocycles. The van der Waals surface area contributed by atoms with E-state index in [1.54, 1.807) is 0 Å². The molecular formula is C40H36N4OPd. The fourth-order valence-corrected chi connectivity index (χ4v) is 6.75. The molecule has 7 rings (SSSR count). The van der Waals surface area contributed by atoms with Crippen LogP contribution in [0.4, 0.5) is 0 Å². The molecule has 4 aromatic carbocycles. The van der Waals surface area contributed by atoms with Gasteiger partial charge in [-0.15, -0.1) is 35.7 Å². The Labute approximate surface area is 284 Å². The maximum Gasteiger partial charge on any atom is 2.00 e. The van der Waals surface area contributed by atoms with Crippen LogP contribution in [0.1, 0.15) is 46.1 Å². The van der Waals surface area contributed by atoms with E-state index in [1.165, 1.54) is 33.4 Å². The van der Waals surface area contributed by atoms with Crippen molar-refractivity contribution in [3.05, 3.63) is 130 Å². The molecule has 0 saturated heterocycles. The van der Waals surface area contributed by atoms with Gasteiger partial charge in [-0.25, -0.2) is 4.98 Å². The molecule has 0 amide bonds. The Kier molecular flexibility index (Phi) is 8.46. The van der Waals surface area contributed by atoms with E-state index in [2.05, 4.69) is 108 Å². The maximum atomic E-state index is 6.42. The van der Waals surface area contributed by atoms with Gasteiger partial charge >= 0.3 is 20.4 Å². The number of nitrogens with zero attached hydrogens (tertiary/aromatic N) is 4. The van der Waals surface area contributed by atoms with Gasteiger partial charge in [-0.05, 0) is 111 Å². The number of benzene rings is 4. The van der Waals surface area contributed by atoms with Gasteiger partial charge in [-0.1, -0.05) is 36.7 Å². The van der Waals surface area contributed by atoms with Crippen molar-refractivity contribution >= 4 is 21.8 Å². The summed E-state index contributed by atoms with van der Waals surface area (Å²) in [4.78, 5) is 4.69. The van der Waals surface area contributed by atoms with Crippen molar-refractivity contribution in [1.82, 2.24) is 19.3 Å². The number of pyridine rings is 1. The van der Waals surface area contributed by atoms with Gasteiger partial charge in [-0.3, -0.25) is 4.68 Å².